The Hall–Kier alpha value is -1.57. The van der Waals surface area contributed by atoms with Gasteiger partial charge in [0.1, 0.15) is 11.3 Å². The molecule has 18 heavy (non-hydrogen) atoms. The second-order valence-electron chi connectivity index (χ2n) is 3.81. The Morgan fingerprint density at radius 1 is 1.50 bits per heavy atom. The van der Waals surface area contributed by atoms with E-state index in [2.05, 4.69) is 27.7 Å². The van der Waals surface area contributed by atoms with Crippen molar-refractivity contribution in [1.82, 2.24) is 9.78 Å². The molecular weight excluding hydrogens is 345 g/mol. The maximum atomic E-state index is 11.4. The highest BCUT2D eigenvalue weighted by molar-refractivity contribution is 14.1. The van der Waals surface area contributed by atoms with Crippen LogP contribution in [0.2, 0.25) is 0 Å². The number of nitrogens with zero attached hydrogens (tertiary/aromatic N) is 2. The smallest absolute Gasteiger partial charge is 0.256 e. The molecule has 0 saturated carbocycles. The molecule has 0 fully saturated rings. The van der Waals surface area contributed by atoms with Crippen LogP contribution >= 0.6 is 22.6 Å². The molecule has 0 aliphatic heterocycles. The number of amides is 1. The second-order valence-corrected chi connectivity index (χ2v) is 5.06. The molecule has 0 unspecified atom stereocenters. The van der Waals surface area contributed by atoms with E-state index < -0.39 is 5.91 Å². The molecular formula is C12H12IN3O2. The van der Waals surface area contributed by atoms with E-state index in [1.807, 2.05) is 24.3 Å². The van der Waals surface area contributed by atoms with Crippen molar-refractivity contribution in [2.45, 2.75) is 6.92 Å². The predicted molar refractivity (Wildman–Crippen MR) is 75.7 cm³/mol. The number of primary amides is 1. The largest absolute Gasteiger partial charge is 0.438 e. The van der Waals surface area contributed by atoms with Gasteiger partial charge in [0.05, 0.1) is 5.69 Å². The molecule has 0 spiro atoms. The lowest BCUT2D eigenvalue weighted by atomic mass is 10.2. The molecule has 0 saturated heterocycles. The first-order valence-corrected chi connectivity index (χ1v) is 6.33. The highest BCUT2D eigenvalue weighted by Crippen LogP contribution is 2.27. The number of hydrogen-bond acceptors (Lipinski definition) is 3. The third-order valence-electron chi connectivity index (χ3n) is 2.43. The molecule has 1 aromatic carbocycles. The number of benzene rings is 1. The van der Waals surface area contributed by atoms with Gasteiger partial charge in [-0.25, -0.2) is 4.68 Å². The van der Waals surface area contributed by atoms with Crippen molar-refractivity contribution in [3.63, 3.8) is 0 Å². The average molecular weight is 357 g/mol. The zero-order valence-electron chi connectivity index (χ0n) is 9.98. The van der Waals surface area contributed by atoms with Gasteiger partial charge in [-0.1, -0.05) is 6.07 Å². The summed E-state index contributed by atoms with van der Waals surface area (Å²) < 4.78 is 8.25. The van der Waals surface area contributed by atoms with Crippen LogP contribution < -0.4 is 10.5 Å². The lowest BCUT2D eigenvalue weighted by molar-refractivity contribution is 0.0997. The molecule has 94 valence electrons. The number of aryl methyl sites for hydroxylation is 2. The summed E-state index contributed by atoms with van der Waals surface area (Å²) >= 11 is 2.19. The molecule has 1 aromatic heterocycles. The second kappa shape index (κ2) is 4.97. The Balaban J connectivity index is 2.43. The van der Waals surface area contributed by atoms with E-state index in [9.17, 15) is 4.79 Å². The van der Waals surface area contributed by atoms with Crippen LogP contribution in [0.3, 0.4) is 0 Å². The SMILES string of the molecule is Cc1nn(C)c(Oc2cccc(I)c2)c1C(N)=O. The van der Waals surface area contributed by atoms with Crippen molar-refractivity contribution in [1.29, 1.82) is 0 Å². The van der Waals surface area contributed by atoms with Crippen molar-refractivity contribution in [2.24, 2.45) is 12.8 Å². The molecule has 1 amide bonds. The average Bonchev–Trinajstić information content (AvgIpc) is 2.53. The Morgan fingerprint density at radius 3 is 2.83 bits per heavy atom. The number of carbonyl (C=O) groups excluding carboxylic acids is 1. The summed E-state index contributed by atoms with van der Waals surface area (Å²) in [4.78, 5) is 11.4. The molecule has 0 aliphatic rings. The highest BCUT2D eigenvalue weighted by Gasteiger charge is 2.20. The molecule has 2 rings (SSSR count). The summed E-state index contributed by atoms with van der Waals surface area (Å²) in [5.74, 6) is 0.468. The normalized spacial score (nSPS) is 10.4. The van der Waals surface area contributed by atoms with Crippen LogP contribution in [-0.2, 0) is 7.05 Å². The van der Waals surface area contributed by atoms with E-state index in [0.717, 1.165) is 3.57 Å². The fraction of sp³-hybridized carbons (Fsp3) is 0.167. The van der Waals surface area contributed by atoms with Gasteiger partial charge in [0.25, 0.3) is 5.91 Å². The molecule has 6 heteroatoms. The van der Waals surface area contributed by atoms with E-state index in [1.165, 1.54) is 4.68 Å². The number of hydrogen-bond donors (Lipinski definition) is 1. The molecule has 0 aliphatic carbocycles. The van der Waals surface area contributed by atoms with Gasteiger partial charge in [-0.3, -0.25) is 4.79 Å². The van der Waals surface area contributed by atoms with Gasteiger partial charge in [0, 0.05) is 10.6 Å². The van der Waals surface area contributed by atoms with Crippen LogP contribution in [-0.4, -0.2) is 15.7 Å². The van der Waals surface area contributed by atoms with Crippen molar-refractivity contribution in [2.75, 3.05) is 0 Å². The van der Waals surface area contributed by atoms with Crippen molar-refractivity contribution in [3.05, 3.63) is 39.1 Å². The van der Waals surface area contributed by atoms with Crippen molar-refractivity contribution >= 4 is 28.5 Å². The minimum absolute atomic E-state index is 0.316. The number of ether oxygens (including phenoxy) is 1. The molecule has 1 heterocycles. The van der Waals surface area contributed by atoms with Gasteiger partial charge in [0.15, 0.2) is 0 Å². The fourth-order valence-electron chi connectivity index (χ4n) is 1.68. The fourth-order valence-corrected chi connectivity index (χ4v) is 2.19. The Bertz CT molecular complexity index is 607. The van der Waals surface area contributed by atoms with Crippen molar-refractivity contribution < 1.29 is 9.53 Å². The third kappa shape index (κ3) is 2.47. The van der Waals surface area contributed by atoms with Crippen LogP contribution in [0.25, 0.3) is 0 Å². The van der Waals surface area contributed by atoms with E-state index in [0.29, 0.717) is 22.9 Å². The standard InChI is InChI=1S/C12H12IN3O2/c1-7-10(11(14)17)12(16(2)15-7)18-9-5-3-4-8(13)6-9/h3-6H,1-2H3,(H2,14,17). The molecule has 2 N–H and O–H groups in total. The number of carbonyl (C=O) groups is 1. The first-order valence-electron chi connectivity index (χ1n) is 5.26. The monoisotopic (exact) mass is 357 g/mol. The number of nitrogens with two attached hydrogens (primary N) is 1. The first kappa shape index (κ1) is 12.9. The zero-order chi connectivity index (χ0) is 13.3. The minimum atomic E-state index is -0.541. The number of rotatable bonds is 3. The molecule has 5 nitrogen and oxygen atoms in total. The maximum Gasteiger partial charge on any atom is 0.256 e. The zero-order valence-corrected chi connectivity index (χ0v) is 12.1. The summed E-state index contributed by atoms with van der Waals surface area (Å²) in [6.45, 7) is 1.72. The highest BCUT2D eigenvalue weighted by atomic mass is 127. The van der Waals surface area contributed by atoms with Gasteiger partial charge >= 0.3 is 0 Å². The van der Waals surface area contributed by atoms with E-state index in [4.69, 9.17) is 10.5 Å². The summed E-state index contributed by atoms with van der Waals surface area (Å²) in [5, 5.41) is 4.14. The maximum absolute atomic E-state index is 11.4. The predicted octanol–water partition coefficient (Wildman–Crippen LogP) is 2.22. The van der Waals surface area contributed by atoms with Gasteiger partial charge in [-0.05, 0) is 47.7 Å². The Kier molecular flexibility index (Phi) is 3.55. The van der Waals surface area contributed by atoms with E-state index in [-0.39, 0.29) is 0 Å². The quantitative estimate of drug-likeness (QED) is 0.857. The van der Waals surface area contributed by atoms with Gasteiger partial charge in [-0.2, -0.15) is 5.10 Å². The Morgan fingerprint density at radius 2 is 2.22 bits per heavy atom. The van der Waals surface area contributed by atoms with Gasteiger partial charge in [-0.15, -0.1) is 0 Å². The summed E-state index contributed by atoms with van der Waals surface area (Å²) in [6, 6.07) is 7.52. The summed E-state index contributed by atoms with van der Waals surface area (Å²) in [7, 11) is 1.71. The van der Waals surface area contributed by atoms with Crippen LogP contribution in [0.15, 0.2) is 24.3 Å². The summed E-state index contributed by atoms with van der Waals surface area (Å²) in [6.07, 6.45) is 0. The van der Waals surface area contributed by atoms with Crippen LogP contribution in [0.1, 0.15) is 16.1 Å². The molecule has 0 bridgehead atoms. The van der Waals surface area contributed by atoms with E-state index in [1.54, 1.807) is 14.0 Å². The molecule has 0 radical (unpaired) electrons. The van der Waals surface area contributed by atoms with Gasteiger partial charge in [0.2, 0.25) is 5.88 Å². The lowest BCUT2D eigenvalue weighted by Crippen LogP contribution is -2.13. The third-order valence-corrected chi connectivity index (χ3v) is 3.10. The first-order chi connectivity index (χ1) is 8.49. The summed E-state index contributed by atoms with van der Waals surface area (Å²) in [5.41, 5.74) is 6.22. The van der Waals surface area contributed by atoms with Gasteiger partial charge < -0.3 is 10.5 Å². The molecule has 0 atom stereocenters. The van der Waals surface area contributed by atoms with Crippen LogP contribution in [0, 0.1) is 10.5 Å². The topological polar surface area (TPSA) is 70.1 Å². The lowest BCUT2D eigenvalue weighted by Gasteiger charge is -2.07. The van der Waals surface area contributed by atoms with Crippen LogP contribution in [0.4, 0.5) is 0 Å². The van der Waals surface area contributed by atoms with Crippen molar-refractivity contribution in [3.8, 4) is 11.6 Å². The molecule has 2 aromatic rings. The number of aromatic nitrogens is 2. The van der Waals surface area contributed by atoms with Crippen LogP contribution in [0.5, 0.6) is 11.6 Å². The minimum Gasteiger partial charge on any atom is -0.438 e. The number of halogens is 1. The Labute approximate surface area is 118 Å². The van der Waals surface area contributed by atoms with E-state index >= 15 is 0 Å².